The van der Waals surface area contributed by atoms with E-state index in [4.69, 9.17) is 5.73 Å². The molecule has 0 spiro atoms. The summed E-state index contributed by atoms with van der Waals surface area (Å²) in [4.78, 5) is 4.25. The van der Waals surface area contributed by atoms with Crippen LogP contribution in [0.25, 0.3) is 0 Å². The highest BCUT2D eigenvalue weighted by Gasteiger charge is 2.15. The van der Waals surface area contributed by atoms with E-state index >= 15 is 0 Å². The van der Waals surface area contributed by atoms with Crippen molar-refractivity contribution >= 4 is 15.7 Å². The van der Waals surface area contributed by atoms with Crippen molar-refractivity contribution in [1.82, 2.24) is 4.98 Å². The van der Waals surface area contributed by atoms with Crippen LogP contribution in [0.15, 0.2) is 47.5 Å². The molecule has 2 rings (SSSR count). The highest BCUT2D eigenvalue weighted by molar-refractivity contribution is 7.92. The van der Waals surface area contributed by atoms with Gasteiger partial charge in [-0.25, -0.2) is 8.42 Å². The number of nitrogens with one attached hydrogen (secondary N) is 1. The Morgan fingerprint density at radius 3 is 2.40 bits per heavy atom. The maximum Gasteiger partial charge on any atom is 0.261 e. The number of sulfonamides is 1. The maximum atomic E-state index is 12.3. The molecule has 0 aliphatic carbocycles. The minimum atomic E-state index is -3.61. The van der Waals surface area contributed by atoms with Gasteiger partial charge in [-0.1, -0.05) is 12.1 Å². The van der Waals surface area contributed by atoms with Gasteiger partial charge in [0.2, 0.25) is 0 Å². The zero-order valence-corrected chi connectivity index (χ0v) is 12.2. The van der Waals surface area contributed by atoms with Crippen LogP contribution in [0.5, 0.6) is 0 Å². The molecule has 0 bridgehead atoms. The van der Waals surface area contributed by atoms with Crippen molar-refractivity contribution in [2.24, 2.45) is 5.73 Å². The molecule has 3 N–H and O–H groups in total. The van der Waals surface area contributed by atoms with Gasteiger partial charge in [0, 0.05) is 12.2 Å². The normalized spacial score (nSPS) is 12.9. The Kier molecular flexibility index (Phi) is 4.06. The summed E-state index contributed by atoms with van der Waals surface area (Å²) in [6.07, 6.45) is 1.62. The van der Waals surface area contributed by atoms with Gasteiger partial charge in [-0.15, -0.1) is 0 Å². The Labute approximate surface area is 118 Å². The fraction of sp³-hybridized carbons (Fsp3) is 0.214. The second kappa shape index (κ2) is 5.60. The molecule has 6 heteroatoms. The van der Waals surface area contributed by atoms with Crippen molar-refractivity contribution < 1.29 is 8.42 Å². The van der Waals surface area contributed by atoms with Crippen molar-refractivity contribution in [3.63, 3.8) is 0 Å². The van der Waals surface area contributed by atoms with Gasteiger partial charge >= 0.3 is 0 Å². The summed E-state index contributed by atoms with van der Waals surface area (Å²) in [6, 6.07) is 9.77. The Hall–Kier alpha value is -1.92. The van der Waals surface area contributed by atoms with Crippen LogP contribution < -0.4 is 10.5 Å². The Morgan fingerprint density at radius 1 is 1.20 bits per heavy atom. The summed E-state index contributed by atoms with van der Waals surface area (Å²) >= 11 is 0. The molecule has 0 fully saturated rings. The maximum absolute atomic E-state index is 12.3. The number of hydrogen-bond acceptors (Lipinski definition) is 4. The van der Waals surface area contributed by atoms with Crippen molar-refractivity contribution in [3.05, 3.63) is 53.9 Å². The Balaban J connectivity index is 2.29. The first-order valence-corrected chi connectivity index (χ1v) is 7.68. The van der Waals surface area contributed by atoms with Crippen LogP contribution in [0.4, 0.5) is 5.69 Å². The quantitative estimate of drug-likeness (QED) is 0.904. The molecule has 1 aromatic heterocycles. The molecular formula is C14H17N3O2S. The molecule has 0 aliphatic rings. The number of aromatic nitrogens is 1. The molecule has 2 aromatic rings. The van der Waals surface area contributed by atoms with Crippen molar-refractivity contribution in [2.75, 3.05) is 4.72 Å². The van der Waals surface area contributed by atoms with Gasteiger partial charge in [0.25, 0.3) is 10.0 Å². The van der Waals surface area contributed by atoms with Crippen molar-refractivity contribution in [1.29, 1.82) is 0 Å². The van der Waals surface area contributed by atoms with Gasteiger partial charge in [0.1, 0.15) is 0 Å². The number of aryl methyl sites for hydroxylation is 1. The average molecular weight is 291 g/mol. The molecule has 1 unspecified atom stereocenters. The van der Waals surface area contributed by atoms with E-state index in [1.807, 2.05) is 6.92 Å². The summed E-state index contributed by atoms with van der Waals surface area (Å²) in [5, 5.41) is 0. The minimum absolute atomic E-state index is 0.125. The van der Waals surface area contributed by atoms with Crippen LogP contribution in [0.1, 0.15) is 24.2 Å². The van der Waals surface area contributed by atoms with Crippen LogP contribution in [0.3, 0.4) is 0 Å². The molecule has 0 saturated carbocycles. The van der Waals surface area contributed by atoms with Gasteiger partial charge in [0.15, 0.2) is 0 Å². The fourth-order valence-corrected chi connectivity index (χ4v) is 2.86. The SMILES string of the molecule is Cc1ncccc1NS(=O)(=O)c1ccc(C(C)N)cc1. The van der Waals surface area contributed by atoms with E-state index in [2.05, 4.69) is 9.71 Å². The monoisotopic (exact) mass is 291 g/mol. The second-order valence-corrected chi connectivity index (χ2v) is 6.28. The Bertz CT molecular complexity index is 695. The molecule has 0 aliphatic heterocycles. The largest absolute Gasteiger partial charge is 0.324 e. The van der Waals surface area contributed by atoms with Gasteiger partial charge < -0.3 is 5.73 Å². The third-order valence-electron chi connectivity index (χ3n) is 2.97. The summed E-state index contributed by atoms with van der Waals surface area (Å²) in [5.74, 6) is 0. The fourth-order valence-electron chi connectivity index (χ4n) is 1.75. The number of benzene rings is 1. The molecular weight excluding hydrogens is 274 g/mol. The molecule has 0 saturated heterocycles. The first-order chi connectivity index (χ1) is 9.40. The first kappa shape index (κ1) is 14.5. The summed E-state index contributed by atoms with van der Waals surface area (Å²) in [5.41, 5.74) is 7.74. The molecule has 0 amide bonds. The molecule has 1 heterocycles. The van der Waals surface area contributed by atoms with Crippen LogP contribution in [0.2, 0.25) is 0 Å². The van der Waals surface area contributed by atoms with Gasteiger partial charge in [-0.3, -0.25) is 9.71 Å². The summed E-state index contributed by atoms with van der Waals surface area (Å²) < 4.78 is 27.1. The number of anilines is 1. The smallest absolute Gasteiger partial charge is 0.261 e. The summed E-state index contributed by atoms with van der Waals surface area (Å²) in [7, 11) is -3.61. The van der Waals surface area contributed by atoms with E-state index in [1.54, 1.807) is 49.5 Å². The zero-order valence-electron chi connectivity index (χ0n) is 11.4. The van der Waals surface area contributed by atoms with Crippen LogP contribution in [0, 0.1) is 6.92 Å². The number of rotatable bonds is 4. The zero-order chi connectivity index (χ0) is 14.8. The van der Waals surface area contributed by atoms with Gasteiger partial charge in [0.05, 0.1) is 16.3 Å². The standard InChI is InChI=1S/C14H17N3O2S/c1-10(15)12-5-7-13(8-6-12)20(18,19)17-14-4-3-9-16-11(14)2/h3-10,17H,15H2,1-2H3. The molecule has 20 heavy (non-hydrogen) atoms. The van der Waals surface area contributed by atoms with Gasteiger partial charge in [-0.2, -0.15) is 0 Å². The van der Waals surface area contributed by atoms with E-state index in [1.165, 1.54) is 0 Å². The van der Waals surface area contributed by atoms with Crippen LogP contribution in [-0.4, -0.2) is 13.4 Å². The van der Waals surface area contributed by atoms with E-state index in [0.717, 1.165) is 5.56 Å². The number of hydrogen-bond donors (Lipinski definition) is 2. The first-order valence-electron chi connectivity index (χ1n) is 6.20. The molecule has 1 atom stereocenters. The number of pyridine rings is 1. The van der Waals surface area contributed by atoms with E-state index < -0.39 is 10.0 Å². The van der Waals surface area contributed by atoms with E-state index in [0.29, 0.717) is 11.4 Å². The van der Waals surface area contributed by atoms with E-state index in [9.17, 15) is 8.42 Å². The van der Waals surface area contributed by atoms with Crippen molar-refractivity contribution in [3.8, 4) is 0 Å². The lowest BCUT2D eigenvalue weighted by Crippen LogP contribution is -2.14. The lowest BCUT2D eigenvalue weighted by Gasteiger charge is -2.11. The molecule has 0 radical (unpaired) electrons. The predicted molar refractivity (Wildman–Crippen MR) is 78.8 cm³/mol. The minimum Gasteiger partial charge on any atom is -0.324 e. The topological polar surface area (TPSA) is 85.1 Å². The average Bonchev–Trinajstić information content (AvgIpc) is 2.41. The molecule has 1 aromatic carbocycles. The highest BCUT2D eigenvalue weighted by Crippen LogP contribution is 2.19. The van der Waals surface area contributed by atoms with Crippen molar-refractivity contribution in [2.45, 2.75) is 24.8 Å². The highest BCUT2D eigenvalue weighted by atomic mass is 32.2. The number of nitrogens with two attached hydrogens (primary N) is 1. The van der Waals surface area contributed by atoms with Crippen LogP contribution in [-0.2, 0) is 10.0 Å². The van der Waals surface area contributed by atoms with E-state index in [-0.39, 0.29) is 10.9 Å². The number of nitrogens with zero attached hydrogens (tertiary/aromatic N) is 1. The summed E-state index contributed by atoms with van der Waals surface area (Å²) in [6.45, 7) is 3.60. The van der Waals surface area contributed by atoms with Crippen LogP contribution >= 0.6 is 0 Å². The lowest BCUT2D eigenvalue weighted by molar-refractivity contribution is 0.601. The molecule has 5 nitrogen and oxygen atoms in total. The van der Waals surface area contributed by atoms with Gasteiger partial charge in [-0.05, 0) is 43.7 Å². The second-order valence-electron chi connectivity index (χ2n) is 4.60. The third-order valence-corrected chi connectivity index (χ3v) is 4.35. The molecule has 106 valence electrons. The third kappa shape index (κ3) is 3.15. The predicted octanol–water partition coefficient (Wildman–Crippen LogP) is 2.21. The Morgan fingerprint density at radius 2 is 1.85 bits per heavy atom. The lowest BCUT2D eigenvalue weighted by atomic mass is 10.1.